The highest BCUT2D eigenvalue weighted by molar-refractivity contribution is 7.14. The number of hydrogen-bond donors (Lipinski definition) is 0. The van der Waals surface area contributed by atoms with Crippen LogP contribution in [0.5, 0.6) is 0 Å². The number of rotatable bonds is 6. The van der Waals surface area contributed by atoms with Crippen LogP contribution in [0.4, 0.5) is 5.13 Å². The Morgan fingerprint density at radius 1 is 1.29 bits per heavy atom. The van der Waals surface area contributed by atoms with E-state index in [2.05, 4.69) is 4.98 Å². The van der Waals surface area contributed by atoms with E-state index >= 15 is 0 Å². The van der Waals surface area contributed by atoms with Crippen molar-refractivity contribution in [1.82, 2.24) is 4.98 Å². The zero-order valence-electron chi connectivity index (χ0n) is 13.2. The number of thiazole rings is 1. The van der Waals surface area contributed by atoms with Crippen molar-refractivity contribution in [2.45, 2.75) is 26.9 Å². The number of amides is 1. The second kappa shape index (κ2) is 8.46. The molecule has 0 aliphatic rings. The van der Waals surface area contributed by atoms with Gasteiger partial charge in [-0.2, -0.15) is 0 Å². The summed E-state index contributed by atoms with van der Waals surface area (Å²) in [6.07, 6.45) is 0.0996. The zero-order valence-corrected chi connectivity index (χ0v) is 15.5. The van der Waals surface area contributed by atoms with Crippen LogP contribution in [-0.2, 0) is 27.4 Å². The Labute approximate surface area is 154 Å². The molecule has 0 fully saturated rings. The van der Waals surface area contributed by atoms with Gasteiger partial charge in [0.05, 0.1) is 22.2 Å². The molecule has 0 N–H and O–H groups in total. The summed E-state index contributed by atoms with van der Waals surface area (Å²) in [5, 5.41) is 3.21. The molecule has 0 saturated heterocycles. The molecule has 0 unspecified atom stereocenters. The first kappa shape index (κ1) is 18.7. The van der Waals surface area contributed by atoms with E-state index in [4.69, 9.17) is 27.9 Å². The maximum atomic E-state index is 11.9. The number of carbonyl (C=O) groups is 2. The molecular weight excluding hydrogens is 371 g/mol. The number of hydrogen-bond acceptors (Lipinski definition) is 5. The van der Waals surface area contributed by atoms with E-state index in [1.807, 2.05) is 6.92 Å². The normalized spacial score (nSPS) is 10.5. The third-order valence-corrected chi connectivity index (χ3v) is 4.83. The number of anilines is 1. The van der Waals surface area contributed by atoms with Crippen molar-refractivity contribution in [3.8, 4) is 0 Å². The average molecular weight is 387 g/mol. The lowest BCUT2D eigenvalue weighted by Gasteiger charge is -2.14. The number of esters is 1. The van der Waals surface area contributed by atoms with E-state index in [0.29, 0.717) is 27.4 Å². The van der Waals surface area contributed by atoms with Gasteiger partial charge in [0.2, 0.25) is 5.91 Å². The molecule has 1 heterocycles. The highest BCUT2D eigenvalue weighted by Gasteiger charge is 2.14. The summed E-state index contributed by atoms with van der Waals surface area (Å²) in [6.45, 7) is 3.97. The van der Waals surface area contributed by atoms with Crippen LogP contribution in [0.15, 0.2) is 23.6 Å². The largest absolute Gasteiger partial charge is 0.459 e. The molecule has 2 rings (SSSR count). The van der Waals surface area contributed by atoms with Crippen LogP contribution in [-0.4, -0.2) is 23.4 Å². The Balaban J connectivity index is 1.91. The lowest BCUT2D eigenvalue weighted by Crippen LogP contribution is -2.27. The fourth-order valence-corrected chi connectivity index (χ4v) is 3.24. The molecule has 1 aromatic heterocycles. The van der Waals surface area contributed by atoms with E-state index in [-0.39, 0.29) is 24.9 Å². The van der Waals surface area contributed by atoms with Crippen molar-refractivity contribution in [2.75, 3.05) is 11.4 Å². The van der Waals surface area contributed by atoms with Gasteiger partial charge in [-0.15, -0.1) is 11.3 Å². The number of nitrogens with zero attached hydrogens (tertiary/aromatic N) is 2. The summed E-state index contributed by atoms with van der Waals surface area (Å²) in [6, 6.07) is 5.00. The summed E-state index contributed by atoms with van der Waals surface area (Å²) in [5.41, 5.74) is 1.33. The van der Waals surface area contributed by atoms with Gasteiger partial charge in [-0.05, 0) is 24.6 Å². The Bertz CT molecular complexity index is 749. The Hall–Kier alpha value is -1.63. The van der Waals surface area contributed by atoms with Crippen molar-refractivity contribution in [3.63, 3.8) is 0 Å². The van der Waals surface area contributed by atoms with Crippen molar-refractivity contribution >= 4 is 51.5 Å². The van der Waals surface area contributed by atoms with Gasteiger partial charge < -0.3 is 4.74 Å². The van der Waals surface area contributed by atoms with Gasteiger partial charge in [0.15, 0.2) is 5.13 Å². The van der Waals surface area contributed by atoms with Gasteiger partial charge in [0.25, 0.3) is 0 Å². The fourth-order valence-electron chi connectivity index (χ4n) is 2.00. The number of aromatic nitrogens is 1. The molecule has 1 amide bonds. The molecule has 0 radical (unpaired) electrons. The third-order valence-electron chi connectivity index (χ3n) is 3.18. The first-order valence-electron chi connectivity index (χ1n) is 7.22. The molecule has 0 atom stereocenters. The van der Waals surface area contributed by atoms with E-state index in [1.54, 1.807) is 28.5 Å². The number of carbonyl (C=O) groups excluding carboxylic acids is 2. The topological polar surface area (TPSA) is 59.5 Å². The van der Waals surface area contributed by atoms with E-state index in [9.17, 15) is 9.59 Å². The van der Waals surface area contributed by atoms with Crippen molar-refractivity contribution in [3.05, 3.63) is 44.9 Å². The second-order valence-electron chi connectivity index (χ2n) is 4.97. The predicted octanol–water partition coefficient (Wildman–Crippen LogP) is 4.11. The monoisotopic (exact) mass is 386 g/mol. The van der Waals surface area contributed by atoms with E-state index in [0.717, 1.165) is 5.56 Å². The minimum atomic E-state index is -0.387. The molecule has 0 spiro atoms. The van der Waals surface area contributed by atoms with Crippen LogP contribution in [0.2, 0.25) is 10.0 Å². The third kappa shape index (κ3) is 4.93. The fraction of sp³-hybridized carbons (Fsp3) is 0.312. The summed E-state index contributed by atoms with van der Waals surface area (Å²) in [4.78, 5) is 29.3. The molecular formula is C16H16Cl2N2O3S. The number of benzene rings is 1. The van der Waals surface area contributed by atoms with Gasteiger partial charge in [-0.1, -0.05) is 29.3 Å². The molecule has 1 aromatic carbocycles. The van der Waals surface area contributed by atoms with Gasteiger partial charge >= 0.3 is 5.97 Å². The van der Waals surface area contributed by atoms with Crippen molar-refractivity contribution in [1.29, 1.82) is 0 Å². The molecule has 0 bridgehead atoms. The summed E-state index contributed by atoms with van der Waals surface area (Å²) in [5.74, 6) is -0.461. The van der Waals surface area contributed by atoms with Gasteiger partial charge in [0.1, 0.15) is 6.61 Å². The quantitative estimate of drug-likeness (QED) is 0.700. The summed E-state index contributed by atoms with van der Waals surface area (Å²) < 4.78 is 5.22. The van der Waals surface area contributed by atoms with Crippen molar-refractivity contribution < 1.29 is 14.3 Å². The van der Waals surface area contributed by atoms with Crippen LogP contribution in [0, 0.1) is 0 Å². The molecule has 24 heavy (non-hydrogen) atoms. The van der Waals surface area contributed by atoms with Gasteiger partial charge in [0, 0.05) is 18.8 Å². The van der Waals surface area contributed by atoms with Gasteiger partial charge in [-0.3, -0.25) is 14.5 Å². The van der Waals surface area contributed by atoms with Crippen LogP contribution in [0.3, 0.4) is 0 Å². The van der Waals surface area contributed by atoms with Crippen LogP contribution in [0.1, 0.15) is 25.1 Å². The number of halogens is 2. The highest BCUT2D eigenvalue weighted by atomic mass is 35.5. The molecule has 5 nitrogen and oxygen atoms in total. The van der Waals surface area contributed by atoms with Crippen molar-refractivity contribution in [2.24, 2.45) is 0 Å². The van der Waals surface area contributed by atoms with Crippen LogP contribution >= 0.6 is 34.5 Å². The predicted molar refractivity (Wildman–Crippen MR) is 95.8 cm³/mol. The summed E-state index contributed by atoms with van der Waals surface area (Å²) >= 11 is 13.1. The average Bonchev–Trinajstić information content (AvgIpc) is 2.98. The zero-order chi connectivity index (χ0) is 17.7. The maximum absolute atomic E-state index is 11.9. The Morgan fingerprint density at radius 2 is 2.04 bits per heavy atom. The van der Waals surface area contributed by atoms with Gasteiger partial charge in [-0.25, -0.2) is 4.98 Å². The van der Waals surface area contributed by atoms with E-state index in [1.165, 1.54) is 18.3 Å². The molecule has 2 aromatic rings. The first-order valence-corrected chi connectivity index (χ1v) is 8.86. The standard InChI is InChI=1S/C16H16Cl2N2O3S/c1-3-20(10(2)21)16-19-12(9-24-16)8-23-15(22)7-11-4-5-13(17)14(18)6-11/h4-6,9H,3,7-8H2,1-2H3. The summed E-state index contributed by atoms with van der Waals surface area (Å²) in [7, 11) is 0. The number of ether oxygens (including phenoxy) is 1. The first-order chi connectivity index (χ1) is 11.4. The molecule has 128 valence electrons. The molecule has 0 aliphatic heterocycles. The van der Waals surface area contributed by atoms with E-state index < -0.39 is 0 Å². The smallest absolute Gasteiger partial charge is 0.310 e. The lowest BCUT2D eigenvalue weighted by atomic mass is 10.1. The SMILES string of the molecule is CCN(C(C)=O)c1nc(COC(=O)Cc2ccc(Cl)c(Cl)c2)cs1. The van der Waals surface area contributed by atoms with Crippen LogP contribution in [0.25, 0.3) is 0 Å². The minimum absolute atomic E-state index is 0.0616. The highest BCUT2D eigenvalue weighted by Crippen LogP contribution is 2.23. The molecule has 0 aliphatic carbocycles. The lowest BCUT2D eigenvalue weighted by molar-refractivity contribution is -0.144. The second-order valence-corrected chi connectivity index (χ2v) is 6.62. The minimum Gasteiger partial charge on any atom is -0.459 e. The van der Waals surface area contributed by atoms with Crippen LogP contribution < -0.4 is 4.90 Å². The maximum Gasteiger partial charge on any atom is 0.310 e. The Morgan fingerprint density at radius 3 is 2.67 bits per heavy atom. The molecule has 0 saturated carbocycles. The molecule has 8 heteroatoms. The Kier molecular flexibility index (Phi) is 6.60.